The van der Waals surface area contributed by atoms with E-state index in [1.54, 1.807) is 6.92 Å². The van der Waals surface area contributed by atoms with Gasteiger partial charge in [-0.3, -0.25) is 20.2 Å². The van der Waals surface area contributed by atoms with Crippen molar-refractivity contribution in [1.29, 1.82) is 0 Å². The van der Waals surface area contributed by atoms with E-state index in [0.29, 0.717) is 0 Å². The topological polar surface area (TPSA) is 86.3 Å². The highest BCUT2D eigenvalue weighted by Crippen LogP contribution is 2.00. The molecule has 1 atom stereocenters. The molecule has 0 aliphatic carbocycles. The van der Waals surface area contributed by atoms with Gasteiger partial charge in [0, 0.05) is 22.2 Å². The zero-order valence-corrected chi connectivity index (χ0v) is 6.23. The molecular formula is C5H10N2O4. The standard InChI is InChI=1S/C5H10N2O4/c1-5(4-7(10)11)2-3-6(8)9/h5H,2-4H2,1H3. The predicted octanol–water partition coefficient (Wildman–Crippen LogP) is 0.566. The van der Waals surface area contributed by atoms with Crippen LogP contribution in [0.1, 0.15) is 13.3 Å². The Hall–Kier alpha value is -1.20. The number of hydrogen-bond acceptors (Lipinski definition) is 4. The van der Waals surface area contributed by atoms with Crippen LogP contribution in [0.3, 0.4) is 0 Å². The highest BCUT2D eigenvalue weighted by atomic mass is 16.6. The van der Waals surface area contributed by atoms with Crippen LogP contribution in [0.5, 0.6) is 0 Å². The average Bonchev–Trinajstić information content (AvgIpc) is 1.82. The maximum Gasteiger partial charge on any atom is 0.206 e. The molecule has 6 heteroatoms. The Labute approximate surface area is 63.5 Å². The first-order chi connectivity index (χ1) is 5.02. The number of hydrogen-bond donors (Lipinski definition) is 0. The fraction of sp³-hybridized carbons (Fsp3) is 1.00. The van der Waals surface area contributed by atoms with Gasteiger partial charge < -0.3 is 0 Å². The molecule has 0 fully saturated rings. The van der Waals surface area contributed by atoms with Gasteiger partial charge in [-0.15, -0.1) is 0 Å². The lowest BCUT2D eigenvalue weighted by molar-refractivity contribution is -0.499. The third-order valence-electron chi connectivity index (χ3n) is 1.27. The van der Waals surface area contributed by atoms with Crippen LogP contribution in [-0.2, 0) is 0 Å². The zero-order chi connectivity index (χ0) is 8.85. The first-order valence-electron chi connectivity index (χ1n) is 3.26. The minimum absolute atomic E-state index is 0.186. The van der Waals surface area contributed by atoms with Gasteiger partial charge in [-0.25, -0.2) is 0 Å². The molecule has 0 aromatic rings. The van der Waals surface area contributed by atoms with Crippen LogP contribution < -0.4 is 0 Å². The lowest BCUT2D eigenvalue weighted by atomic mass is 10.1. The molecule has 0 aromatic carbocycles. The van der Waals surface area contributed by atoms with Crippen molar-refractivity contribution < 1.29 is 9.85 Å². The van der Waals surface area contributed by atoms with Crippen LogP contribution in [-0.4, -0.2) is 22.9 Å². The summed E-state index contributed by atoms with van der Waals surface area (Å²) >= 11 is 0. The van der Waals surface area contributed by atoms with Crippen LogP contribution >= 0.6 is 0 Å². The maximum absolute atomic E-state index is 9.89. The smallest absolute Gasteiger partial charge is 0.206 e. The summed E-state index contributed by atoms with van der Waals surface area (Å²) in [5.41, 5.74) is 0. The van der Waals surface area contributed by atoms with Gasteiger partial charge in [-0.1, -0.05) is 6.92 Å². The predicted molar refractivity (Wildman–Crippen MR) is 37.5 cm³/mol. The summed E-state index contributed by atoms with van der Waals surface area (Å²) in [6.07, 6.45) is 0.272. The zero-order valence-electron chi connectivity index (χ0n) is 6.23. The summed E-state index contributed by atoms with van der Waals surface area (Å²) in [5, 5.41) is 19.7. The van der Waals surface area contributed by atoms with Gasteiger partial charge in [0.15, 0.2) is 0 Å². The molecular weight excluding hydrogens is 152 g/mol. The second-order valence-electron chi connectivity index (χ2n) is 2.47. The monoisotopic (exact) mass is 162 g/mol. The second kappa shape index (κ2) is 4.59. The summed E-state index contributed by atoms with van der Waals surface area (Å²) in [7, 11) is 0. The lowest BCUT2D eigenvalue weighted by Crippen LogP contribution is -2.14. The normalized spacial score (nSPS) is 12.5. The minimum Gasteiger partial charge on any atom is -0.265 e. The molecule has 0 aromatic heterocycles. The van der Waals surface area contributed by atoms with Crippen molar-refractivity contribution in [1.82, 2.24) is 0 Å². The molecule has 0 radical (unpaired) electrons. The fourth-order valence-corrected chi connectivity index (χ4v) is 0.672. The van der Waals surface area contributed by atoms with Gasteiger partial charge in [-0.2, -0.15) is 0 Å². The maximum atomic E-state index is 9.89. The fourth-order valence-electron chi connectivity index (χ4n) is 0.672. The molecule has 1 unspecified atom stereocenters. The van der Waals surface area contributed by atoms with Gasteiger partial charge in [0.1, 0.15) is 0 Å². The molecule has 0 amide bonds. The Kier molecular flexibility index (Phi) is 4.09. The van der Waals surface area contributed by atoms with E-state index in [0.717, 1.165) is 0 Å². The number of nitrogens with zero attached hydrogens (tertiary/aromatic N) is 2. The van der Waals surface area contributed by atoms with Gasteiger partial charge >= 0.3 is 0 Å². The average molecular weight is 162 g/mol. The van der Waals surface area contributed by atoms with Crippen molar-refractivity contribution in [2.24, 2.45) is 5.92 Å². The molecule has 0 spiro atoms. The summed E-state index contributed by atoms with van der Waals surface area (Å²) in [4.78, 5) is 18.8. The molecule has 11 heavy (non-hydrogen) atoms. The Morgan fingerprint density at radius 2 is 1.82 bits per heavy atom. The van der Waals surface area contributed by atoms with Gasteiger partial charge in [0.2, 0.25) is 13.1 Å². The SMILES string of the molecule is CC(CC[N+](=O)[O-])C[N+](=O)[O-]. The van der Waals surface area contributed by atoms with Crippen LogP contribution in [0, 0.1) is 26.1 Å². The van der Waals surface area contributed by atoms with E-state index < -0.39 is 9.85 Å². The molecule has 0 aliphatic rings. The van der Waals surface area contributed by atoms with Gasteiger partial charge in [0.25, 0.3) is 0 Å². The molecule has 0 rings (SSSR count). The Balaban J connectivity index is 3.44. The molecule has 0 heterocycles. The van der Waals surface area contributed by atoms with Crippen molar-refractivity contribution in [2.45, 2.75) is 13.3 Å². The molecule has 0 N–H and O–H groups in total. The molecule has 0 saturated carbocycles. The van der Waals surface area contributed by atoms with E-state index in [4.69, 9.17) is 0 Å². The molecule has 64 valence electrons. The Bertz CT molecular complexity index is 159. The minimum atomic E-state index is -0.462. The molecule has 6 nitrogen and oxygen atoms in total. The Morgan fingerprint density at radius 1 is 1.27 bits per heavy atom. The van der Waals surface area contributed by atoms with Crippen LogP contribution in [0.4, 0.5) is 0 Å². The van der Waals surface area contributed by atoms with Crippen molar-refractivity contribution in [3.8, 4) is 0 Å². The van der Waals surface area contributed by atoms with Crippen molar-refractivity contribution in [3.05, 3.63) is 20.2 Å². The first kappa shape index (κ1) is 9.80. The van der Waals surface area contributed by atoms with Crippen LogP contribution in [0.25, 0.3) is 0 Å². The number of rotatable bonds is 5. The van der Waals surface area contributed by atoms with E-state index in [9.17, 15) is 20.2 Å². The van der Waals surface area contributed by atoms with Crippen LogP contribution in [0.15, 0.2) is 0 Å². The lowest BCUT2D eigenvalue weighted by Gasteiger charge is -2.00. The van der Waals surface area contributed by atoms with E-state index in [1.165, 1.54) is 0 Å². The van der Waals surface area contributed by atoms with Crippen molar-refractivity contribution >= 4 is 0 Å². The van der Waals surface area contributed by atoms with E-state index in [2.05, 4.69) is 0 Å². The summed E-state index contributed by atoms with van der Waals surface area (Å²) in [6.45, 7) is 1.26. The molecule has 0 bridgehead atoms. The third kappa shape index (κ3) is 6.69. The Morgan fingerprint density at radius 3 is 2.18 bits per heavy atom. The van der Waals surface area contributed by atoms with Crippen molar-refractivity contribution in [2.75, 3.05) is 13.1 Å². The van der Waals surface area contributed by atoms with Gasteiger partial charge in [0.05, 0.1) is 0 Å². The summed E-state index contributed by atoms with van der Waals surface area (Å²) in [5.74, 6) is -0.213. The highest BCUT2D eigenvalue weighted by molar-refractivity contribution is 4.48. The second-order valence-corrected chi connectivity index (χ2v) is 2.47. The van der Waals surface area contributed by atoms with Crippen molar-refractivity contribution in [3.63, 3.8) is 0 Å². The quantitative estimate of drug-likeness (QED) is 0.436. The third-order valence-corrected chi connectivity index (χ3v) is 1.27. The van der Waals surface area contributed by atoms with Crippen LogP contribution in [0.2, 0.25) is 0 Å². The first-order valence-corrected chi connectivity index (χ1v) is 3.26. The highest BCUT2D eigenvalue weighted by Gasteiger charge is 2.11. The summed E-state index contributed by atoms with van der Waals surface area (Å²) < 4.78 is 0. The van der Waals surface area contributed by atoms with E-state index in [1.807, 2.05) is 0 Å². The van der Waals surface area contributed by atoms with Gasteiger partial charge in [-0.05, 0) is 0 Å². The largest absolute Gasteiger partial charge is 0.265 e. The number of nitro groups is 2. The summed E-state index contributed by atoms with van der Waals surface area (Å²) in [6, 6.07) is 0. The van der Waals surface area contributed by atoms with E-state index in [-0.39, 0.29) is 25.4 Å². The van der Waals surface area contributed by atoms with E-state index >= 15 is 0 Å². The molecule has 0 saturated heterocycles. The molecule has 0 aliphatic heterocycles.